The molecule has 17 heavy (non-hydrogen) atoms. The molecule has 1 heterocycles. The predicted octanol–water partition coefficient (Wildman–Crippen LogP) is 2.82. The zero-order valence-electron chi connectivity index (χ0n) is 11.5. The summed E-state index contributed by atoms with van der Waals surface area (Å²) in [5.74, 6) is 1.10. The highest BCUT2D eigenvalue weighted by Crippen LogP contribution is 2.18. The summed E-state index contributed by atoms with van der Waals surface area (Å²) in [6.07, 6.45) is 4.17. The molecule has 1 atom stereocenters. The van der Waals surface area contributed by atoms with Crippen LogP contribution < -0.4 is 10.2 Å². The molecule has 3 nitrogen and oxygen atoms in total. The Balaban J connectivity index is 2.76. The number of hydrogen-bond acceptors (Lipinski definition) is 3. The van der Waals surface area contributed by atoms with Crippen molar-refractivity contribution in [1.29, 1.82) is 0 Å². The van der Waals surface area contributed by atoms with Gasteiger partial charge in [-0.3, -0.25) is 0 Å². The smallest absolute Gasteiger partial charge is 0.132 e. The number of nitrogens with one attached hydrogen (secondary N) is 1. The van der Waals surface area contributed by atoms with Gasteiger partial charge in [0, 0.05) is 31.4 Å². The van der Waals surface area contributed by atoms with E-state index in [-0.39, 0.29) is 0 Å². The zero-order chi connectivity index (χ0) is 12.7. The summed E-state index contributed by atoms with van der Waals surface area (Å²) in [4.78, 5) is 6.78. The highest BCUT2D eigenvalue weighted by Gasteiger charge is 2.12. The van der Waals surface area contributed by atoms with Gasteiger partial charge in [0.1, 0.15) is 5.82 Å². The van der Waals surface area contributed by atoms with Crippen molar-refractivity contribution in [2.24, 2.45) is 0 Å². The molecule has 0 amide bonds. The Labute approximate surface area is 105 Å². The van der Waals surface area contributed by atoms with E-state index in [1.807, 2.05) is 12.3 Å². The number of rotatable bonds is 7. The van der Waals surface area contributed by atoms with E-state index in [4.69, 9.17) is 0 Å². The van der Waals surface area contributed by atoms with Gasteiger partial charge in [-0.1, -0.05) is 19.9 Å². The summed E-state index contributed by atoms with van der Waals surface area (Å²) in [5, 5.41) is 3.44. The Morgan fingerprint density at radius 2 is 2.18 bits per heavy atom. The Bertz CT molecular complexity index is 325. The van der Waals surface area contributed by atoms with Gasteiger partial charge >= 0.3 is 0 Å². The minimum Gasteiger partial charge on any atom is -0.357 e. The molecule has 0 fully saturated rings. The van der Waals surface area contributed by atoms with E-state index >= 15 is 0 Å². The Hall–Kier alpha value is -1.09. The summed E-state index contributed by atoms with van der Waals surface area (Å²) in [7, 11) is 2.12. The molecule has 1 N–H and O–H groups in total. The van der Waals surface area contributed by atoms with Crippen LogP contribution in [0.1, 0.15) is 39.2 Å². The Morgan fingerprint density at radius 3 is 2.82 bits per heavy atom. The largest absolute Gasteiger partial charge is 0.357 e. The fraction of sp³-hybridized carbons (Fsp3) is 0.643. The lowest BCUT2D eigenvalue weighted by Crippen LogP contribution is -2.30. The molecule has 1 aromatic rings. The minimum atomic E-state index is 0.523. The number of nitrogens with zero attached hydrogens (tertiary/aromatic N) is 2. The fourth-order valence-corrected chi connectivity index (χ4v) is 1.77. The topological polar surface area (TPSA) is 28.2 Å². The molecule has 1 unspecified atom stereocenters. The normalized spacial score (nSPS) is 12.5. The average Bonchev–Trinajstić information content (AvgIpc) is 2.38. The van der Waals surface area contributed by atoms with E-state index in [1.165, 1.54) is 5.56 Å². The van der Waals surface area contributed by atoms with Gasteiger partial charge in [-0.05, 0) is 32.4 Å². The SMILES string of the molecule is CCCNCc1cccnc1N(C)C(C)CC. The van der Waals surface area contributed by atoms with Gasteiger partial charge < -0.3 is 10.2 Å². The lowest BCUT2D eigenvalue weighted by atomic mass is 10.2. The maximum Gasteiger partial charge on any atom is 0.132 e. The van der Waals surface area contributed by atoms with Gasteiger partial charge in [0.15, 0.2) is 0 Å². The van der Waals surface area contributed by atoms with E-state index in [0.29, 0.717) is 6.04 Å². The molecule has 0 saturated heterocycles. The van der Waals surface area contributed by atoms with Crippen LogP contribution in [0.4, 0.5) is 5.82 Å². The monoisotopic (exact) mass is 235 g/mol. The van der Waals surface area contributed by atoms with Crippen LogP contribution in [0.5, 0.6) is 0 Å². The van der Waals surface area contributed by atoms with Crippen LogP contribution in [-0.2, 0) is 6.54 Å². The van der Waals surface area contributed by atoms with Crippen molar-refractivity contribution < 1.29 is 0 Å². The van der Waals surface area contributed by atoms with Gasteiger partial charge in [-0.25, -0.2) is 4.98 Å². The summed E-state index contributed by atoms with van der Waals surface area (Å²) in [6.45, 7) is 8.58. The third kappa shape index (κ3) is 4.00. The van der Waals surface area contributed by atoms with E-state index in [0.717, 1.165) is 31.7 Å². The van der Waals surface area contributed by atoms with E-state index in [2.05, 4.69) is 49.1 Å². The summed E-state index contributed by atoms with van der Waals surface area (Å²) in [5.41, 5.74) is 1.28. The zero-order valence-corrected chi connectivity index (χ0v) is 11.5. The van der Waals surface area contributed by atoms with Crippen molar-refractivity contribution in [2.75, 3.05) is 18.5 Å². The number of anilines is 1. The quantitative estimate of drug-likeness (QED) is 0.737. The van der Waals surface area contributed by atoms with Crippen molar-refractivity contribution in [2.45, 2.75) is 46.2 Å². The van der Waals surface area contributed by atoms with Crippen LogP contribution in [0.2, 0.25) is 0 Å². The van der Waals surface area contributed by atoms with Crippen LogP contribution in [0, 0.1) is 0 Å². The molecule has 96 valence electrons. The third-order valence-corrected chi connectivity index (χ3v) is 3.20. The first-order chi connectivity index (χ1) is 8.20. The standard InChI is InChI=1S/C14H25N3/c1-5-9-15-11-13-8-7-10-16-14(13)17(4)12(3)6-2/h7-8,10,12,15H,5-6,9,11H2,1-4H3. The lowest BCUT2D eigenvalue weighted by molar-refractivity contribution is 0.640. The first kappa shape index (κ1) is 14.0. The molecule has 1 aromatic heterocycles. The van der Waals surface area contributed by atoms with Crippen molar-refractivity contribution in [3.05, 3.63) is 23.9 Å². The van der Waals surface area contributed by atoms with Gasteiger partial charge in [-0.15, -0.1) is 0 Å². The molecule has 0 saturated carbocycles. The second kappa shape index (κ2) is 7.28. The first-order valence-electron chi connectivity index (χ1n) is 6.58. The third-order valence-electron chi connectivity index (χ3n) is 3.20. The van der Waals surface area contributed by atoms with E-state index < -0.39 is 0 Å². The second-order valence-corrected chi connectivity index (χ2v) is 4.53. The van der Waals surface area contributed by atoms with E-state index in [1.54, 1.807) is 0 Å². The number of hydrogen-bond donors (Lipinski definition) is 1. The summed E-state index contributed by atoms with van der Waals surface area (Å²) < 4.78 is 0. The van der Waals surface area contributed by atoms with Crippen molar-refractivity contribution >= 4 is 5.82 Å². The molecule has 0 spiro atoms. The number of aromatic nitrogens is 1. The maximum absolute atomic E-state index is 4.51. The van der Waals surface area contributed by atoms with Crippen LogP contribution in [0.15, 0.2) is 18.3 Å². The Morgan fingerprint density at radius 1 is 1.41 bits per heavy atom. The molecular formula is C14H25N3. The first-order valence-corrected chi connectivity index (χ1v) is 6.58. The molecule has 0 aliphatic carbocycles. The van der Waals surface area contributed by atoms with Crippen LogP contribution in [0.3, 0.4) is 0 Å². The van der Waals surface area contributed by atoms with Crippen LogP contribution in [-0.4, -0.2) is 24.6 Å². The minimum absolute atomic E-state index is 0.523. The summed E-state index contributed by atoms with van der Waals surface area (Å²) in [6, 6.07) is 4.69. The van der Waals surface area contributed by atoms with Crippen molar-refractivity contribution in [3.63, 3.8) is 0 Å². The highest BCUT2D eigenvalue weighted by atomic mass is 15.2. The van der Waals surface area contributed by atoms with Gasteiger partial charge in [-0.2, -0.15) is 0 Å². The molecule has 0 radical (unpaired) electrons. The second-order valence-electron chi connectivity index (χ2n) is 4.53. The molecule has 1 rings (SSSR count). The molecule has 0 aliphatic heterocycles. The maximum atomic E-state index is 4.51. The highest BCUT2D eigenvalue weighted by molar-refractivity contribution is 5.46. The van der Waals surface area contributed by atoms with E-state index in [9.17, 15) is 0 Å². The Kier molecular flexibility index (Phi) is 5.98. The van der Waals surface area contributed by atoms with Gasteiger partial charge in [0.25, 0.3) is 0 Å². The van der Waals surface area contributed by atoms with Crippen molar-refractivity contribution in [3.8, 4) is 0 Å². The molecule has 0 aliphatic rings. The predicted molar refractivity (Wildman–Crippen MR) is 74.4 cm³/mol. The fourth-order valence-electron chi connectivity index (χ4n) is 1.77. The summed E-state index contributed by atoms with van der Waals surface area (Å²) >= 11 is 0. The molecule has 0 aromatic carbocycles. The van der Waals surface area contributed by atoms with Crippen molar-refractivity contribution in [1.82, 2.24) is 10.3 Å². The lowest BCUT2D eigenvalue weighted by Gasteiger charge is -2.27. The van der Waals surface area contributed by atoms with Gasteiger partial charge in [0.05, 0.1) is 0 Å². The molecule has 3 heteroatoms. The van der Waals surface area contributed by atoms with Crippen LogP contribution >= 0.6 is 0 Å². The number of pyridine rings is 1. The molecule has 0 bridgehead atoms. The average molecular weight is 235 g/mol. The molecular weight excluding hydrogens is 210 g/mol. The van der Waals surface area contributed by atoms with Crippen LogP contribution in [0.25, 0.3) is 0 Å². The van der Waals surface area contributed by atoms with Gasteiger partial charge in [0.2, 0.25) is 0 Å².